The van der Waals surface area contributed by atoms with Crippen molar-refractivity contribution in [2.75, 3.05) is 11.2 Å². The predicted molar refractivity (Wildman–Crippen MR) is 112 cm³/mol. The number of amides is 1. The quantitative estimate of drug-likeness (QED) is 0.335. The second-order valence-corrected chi connectivity index (χ2v) is 7.48. The first-order valence-electron chi connectivity index (χ1n) is 8.69. The Morgan fingerprint density at radius 1 is 1.27 bits per heavy atom. The van der Waals surface area contributed by atoms with Gasteiger partial charge in [-0.25, -0.2) is 0 Å². The van der Waals surface area contributed by atoms with Crippen molar-refractivity contribution in [2.24, 2.45) is 0 Å². The van der Waals surface area contributed by atoms with E-state index in [1.54, 1.807) is 36.6 Å². The monoisotopic (exact) mass is 443 g/mol. The predicted octanol–water partition coefficient (Wildman–Crippen LogP) is 4.27. The molecule has 4 rings (SSSR count). The van der Waals surface area contributed by atoms with Crippen LogP contribution in [0.25, 0.3) is 11.3 Å². The number of para-hydroxylation sites is 1. The number of ether oxygens (including phenoxy) is 1. The number of rotatable bonds is 3. The Balaban J connectivity index is 1.97. The first kappa shape index (κ1) is 20.0. The molecule has 0 N–H and O–H groups in total. The molecule has 1 amide bonds. The number of nitrogens with zero attached hydrogens (tertiary/aromatic N) is 5. The summed E-state index contributed by atoms with van der Waals surface area (Å²) in [5, 5.41) is 20.1. The fourth-order valence-electron chi connectivity index (χ4n) is 3.18. The third-order valence-electron chi connectivity index (χ3n) is 4.49. The molecule has 30 heavy (non-hydrogen) atoms. The van der Waals surface area contributed by atoms with Crippen LogP contribution in [0.15, 0.2) is 47.6 Å². The van der Waals surface area contributed by atoms with E-state index in [-0.39, 0.29) is 22.5 Å². The maximum atomic E-state index is 12.7. The Kier molecular flexibility index (Phi) is 5.27. The first-order chi connectivity index (χ1) is 14.4. The summed E-state index contributed by atoms with van der Waals surface area (Å²) >= 11 is 7.26. The van der Waals surface area contributed by atoms with E-state index in [0.29, 0.717) is 27.7 Å². The molecule has 2 heterocycles. The molecule has 3 aromatic rings. The lowest BCUT2D eigenvalue weighted by molar-refractivity contribution is -0.384. The van der Waals surface area contributed by atoms with Crippen LogP contribution < -0.4 is 9.64 Å². The van der Waals surface area contributed by atoms with Crippen molar-refractivity contribution in [1.29, 1.82) is 0 Å². The number of aromatic nitrogens is 3. The zero-order valence-corrected chi connectivity index (χ0v) is 17.3. The third-order valence-corrected chi connectivity index (χ3v) is 5.34. The summed E-state index contributed by atoms with van der Waals surface area (Å²) in [7, 11) is 0. The fourth-order valence-corrected chi connectivity index (χ4v) is 3.66. The second-order valence-electron chi connectivity index (χ2n) is 6.30. The van der Waals surface area contributed by atoms with E-state index >= 15 is 0 Å². The summed E-state index contributed by atoms with van der Waals surface area (Å²) < 4.78 is 6.13. The zero-order chi connectivity index (χ0) is 21.4. The van der Waals surface area contributed by atoms with Crippen LogP contribution in [0.1, 0.15) is 18.7 Å². The highest BCUT2D eigenvalue weighted by molar-refractivity contribution is 7.98. The molecule has 0 spiro atoms. The molecule has 1 aliphatic heterocycles. The standard InChI is InChI=1S/C19H14ClN5O4S/c1-10(26)24-14-6-4-3-5-12(14)16-17(21-19(30-2)23-22-16)29-18(24)11-7-8-13(20)15(9-11)25(27)28/h3-9,18H,1-2H3/t18-/m0/s1. The van der Waals surface area contributed by atoms with Gasteiger partial charge in [0.25, 0.3) is 5.69 Å². The van der Waals surface area contributed by atoms with Crippen molar-refractivity contribution in [2.45, 2.75) is 18.3 Å². The lowest BCUT2D eigenvalue weighted by Gasteiger charge is -2.29. The molecule has 1 aliphatic rings. The van der Waals surface area contributed by atoms with E-state index in [1.165, 1.54) is 35.7 Å². The maximum absolute atomic E-state index is 12.7. The van der Waals surface area contributed by atoms with Crippen LogP contribution in [0.2, 0.25) is 5.02 Å². The van der Waals surface area contributed by atoms with Crippen LogP contribution in [-0.2, 0) is 4.79 Å². The molecule has 9 nitrogen and oxygen atoms in total. The van der Waals surface area contributed by atoms with Crippen LogP contribution >= 0.6 is 23.4 Å². The van der Waals surface area contributed by atoms with Crippen molar-refractivity contribution >= 4 is 40.6 Å². The maximum Gasteiger partial charge on any atom is 0.288 e. The highest BCUT2D eigenvalue weighted by Gasteiger charge is 2.35. The van der Waals surface area contributed by atoms with Crippen molar-refractivity contribution in [3.63, 3.8) is 0 Å². The van der Waals surface area contributed by atoms with Crippen LogP contribution in [0, 0.1) is 10.1 Å². The van der Waals surface area contributed by atoms with Crippen molar-refractivity contribution in [3.8, 4) is 17.1 Å². The molecule has 1 aromatic heterocycles. The minimum Gasteiger partial charge on any atom is -0.447 e. The van der Waals surface area contributed by atoms with Crippen LogP contribution in [-0.4, -0.2) is 32.3 Å². The number of halogens is 1. The van der Waals surface area contributed by atoms with Gasteiger partial charge in [-0.2, -0.15) is 4.98 Å². The molecular formula is C19H14ClN5O4S. The number of carbonyl (C=O) groups excluding carboxylic acids is 1. The Morgan fingerprint density at radius 2 is 2.03 bits per heavy atom. The molecular weight excluding hydrogens is 430 g/mol. The Labute approximate surface area is 180 Å². The Bertz CT molecular complexity index is 1180. The Morgan fingerprint density at radius 3 is 2.73 bits per heavy atom. The number of nitro benzene ring substituents is 1. The van der Waals surface area contributed by atoms with Gasteiger partial charge in [0, 0.05) is 24.1 Å². The van der Waals surface area contributed by atoms with E-state index < -0.39 is 11.2 Å². The fraction of sp³-hybridized carbons (Fsp3) is 0.158. The van der Waals surface area contributed by atoms with Crippen LogP contribution in [0.3, 0.4) is 0 Å². The molecule has 0 fully saturated rings. The Hall–Kier alpha value is -3.24. The summed E-state index contributed by atoms with van der Waals surface area (Å²) in [4.78, 5) is 29.3. The largest absolute Gasteiger partial charge is 0.447 e. The number of fused-ring (bicyclic) bond motifs is 3. The molecule has 0 bridgehead atoms. The van der Waals surface area contributed by atoms with Gasteiger partial charge in [-0.1, -0.05) is 47.6 Å². The molecule has 0 saturated heterocycles. The van der Waals surface area contributed by atoms with E-state index in [9.17, 15) is 14.9 Å². The van der Waals surface area contributed by atoms with Crippen molar-refractivity contribution < 1.29 is 14.5 Å². The molecule has 0 unspecified atom stereocenters. The van der Waals surface area contributed by atoms with Gasteiger partial charge in [-0.05, 0) is 18.4 Å². The zero-order valence-electron chi connectivity index (χ0n) is 15.8. The van der Waals surface area contributed by atoms with E-state index in [4.69, 9.17) is 16.3 Å². The molecule has 0 saturated carbocycles. The van der Waals surface area contributed by atoms with Gasteiger partial charge in [-0.15, -0.1) is 10.2 Å². The number of hydrogen-bond donors (Lipinski definition) is 0. The van der Waals surface area contributed by atoms with Gasteiger partial charge in [0.2, 0.25) is 23.2 Å². The molecule has 2 aromatic carbocycles. The summed E-state index contributed by atoms with van der Waals surface area (Å²) in [6.07, 6.45) is 0.781. The van der Waals surface area contributed by atoms with Crippen molar-refractivity contribution in [3.05, 3.63) is 63.2 Å². The number of nitro groups is 1. The average Bonchev–Trinajstić information content (AvgIpc) is 2.88. The number of anilines is 1. The summed E-state index contributed by atoms with van der Waals surface area (Å²) in [6, 6.07) is 11.4. The lowest BCUT2D eigenvalue weighted by Crippen LogP contribution is -2.36. The van der Waals surface area contributed by atoms with Crippen LogP contribution in [0.4, 0.5) is 11.4 Å². The molecule has 0 radical (unpaired) electrons. The van der Waals surface area contributed by atoms with Crippen LogP contribution in [0.5, 0.6) is 5.88 Å². The molecule has 0 aliphatic carbocycles. The van der Waals surface area contributed by atoms with Crippen molar-refractivity contribution in [1.82, 2.24) is 15.2 Å². The summed E-state index contributed by atoms with van der Waals surface area (Å²) in [6.45, 7) is 1.39. The molecule has 1 atom stereocenters. The SMILES string of the molecule is CSc1nnc2c(n1)O[C@@H](c1ccc(Cl)c([N+](=O)[O-])c1)N(C(C)=O)c1ccccc1-2. The highest BCUT2D eigenvalue weighted by atomic mass is 35.5. The number of benzene rings is 2. The lowest BCUT2D eigenvalue weighted by atomic mass is 10.1. The van der Waals surface area contributed by atoms with Gasteiger partial charge in [0.15, 0.2) is 5.69 Å². The first-order valence-corrected chi connectivity index (χ1v) is 10.3. The second kappa shape index (κ2) is 7.88. The van der Waals surface area contributed by atoms with E-state index in [2.05, 4.69) is 15.2 Å². The van der Waals surface area contributed by atoms with Gasteiger partial charge < -0.3 is 4.74 Å². The summed E-state index contributed by atoms with van der Waals surface area (Å²) in [5.41, 5.74) is 1.60. The number of hydrogen-bond acceptors (Lipinski definition) is 8. The topological polar surface area (TPSA) is 111 Å². The van der Waals surface area contributed by atoms with Gasteiger partial charge >= 0.3 is 0 Å². The van der Waals surface area contributed by atoms with Gasteiger partial charge in [0.1, 0.15) is 5.02 Å². The van der Waals surface area contributed by atoms with Gasteiger partial charge in [0.05, 0.1) is 10.6 Å². The smallest absolute Gasteiger partial charge is 0.288 e. The normalized spacial score (nSPS) is 14.9. The molecule has 152 valence electrons. The highest BCUT2D eigenvalue weighted by Crippen LogP contribution is 2.44. The third kappa shape index (κ3) is 3.44. The van der Waals surface area contributed by atoms with Gasteiger partial charge in [-0.3, -0.25) is 19.8 Å². The minimum atomic E-state index is -1.02. The minimum absolute atomic E-state index is 0.0128. The summed E-state index contributed by atoms with van der Waals surface area (Å²) in [5.74, 6) is -0.149. The molecule has 11 heteroatoms. The number of carbonyl (C=O) groups is 1. The number of thioether (sulfide) groups is 1. The van der Waals surface area contributed by atoms with E-state index in [1.807, 2.05) is 0 Å². The average molecular weight is 444 g/mol. The van der Waals surface area contributed by atoms with E-state index in [0.717, 1.165) is 0 Å².